The highest BCUT2D eigenvalue weighted by molar-refractivity contribution is 5.89. The van der Waals surface area contributed by atoms with E-state index >= 15 is 8.78 Å². The highest BCUT2D eigenvalue weighted by Gasteiger charge is 2.28. The molecule has 1 fully saturated rings. The maximum Gasteiger partial charge on any atom is 0.222 e. The Kier molecular flexibility index (Phi) is 6.87. The van der Waals surface area contributed by atoms with E-state index in [-0.39, 0.29) is 29.3 Å². The van der Waals surface area contributed by atoms with E-state index in [2.05, 4.69) is 10.3 Å². The Morgan fingerprint density at radius 3 is 2.62 bits per heavy atom. The number of imidazole rings is 1. The van der Waals surface area contributed by atoms with Gasteiger partial charge in [-0.3, -0.25) is 9.59 Å². The number of nitrogens with one attached hydrogen (secondary N) is 1. The molecule has 2 aromatic heterocycles. The molecule has 0 bridgehead atoms. The van der Waals surface area contributed by atoms with Crippen LogP contribution in [0.3, 0.4) is 0 Å². The number of carbonyl (C=O) groups is 2. The molecule has 0 spiro atoms. The van der Waals surface area contributed by atoms with Crippen LogP contribution in [0, 0.1) is 11.6 Å². The number of anilines is 1. The molecule has 1 N–H and O–H groups in total. The minimum atomic E-state index is -0.897. The summed E-state index contributed by atoms with van der Waals surface area (Å²) in [5.41, 5.74) is 0.880. The normalized spacial score (nSPS) is 16.1. The zero-order valence-electron chi connectivity index (χ0n) is 18.9. The Morgan fingerprint density at radius 2 is 1.97 bits per heavy atom. The quantitative estimate of drug-likeness (QED) is 0.588. The number of amides is 2. The minimum absolute atomic E-state index is 0.00454. The van der Waals surface area contributed by atoms with Crippen LogP contribution in [0.5, 0.6) is 0 Å². The van der Waals surface area contributed by atoms with Crippen LogP contribution >= 0.6 is 0 Å². The SMILES string of the molecule is CCC(=O)N1CCO[C@@H](Cc2c(-c3c(F)cc(NC(C)=O)cc3F)nc3cc(CF)ccn23)C1. The van der Waals surface area contributed by atoms with Crippen LogP contribution < -0.4 is 5.32 Å². The van der Waals surface area contributed by atoms with Crippen molar-refractivity contribution in [3.63, 3.8) is 0 Å². The van der Waals surface area contributed by atoms with Gasteiger partial charge in [-0.2, -0.15) is 0 Å². The zero-order chi connectivity index (χ0) is 24.4. The number of carbonyl (C=O) groups excluding carboxylic acids is 2. The summed E-state index contributed by atoms with van der Waals surface area (Å²) in [5, 5.41) is 2.36. The first-order chi connectivity index (χ1) is 16.3. The van der Waals surface area contributed by atoms with E-state index in [0.29, 0.717) is 43.0 Å². The predicted octanol–water partition coefficient (Wildman–Crippen LogP) is 3.89. The van der Waals surface area contributed by atoms with Crippen molar-refractivity contribution >= 4 is 23.1 Å². The summed E-state index contributed by atoms with van der Waals surface area (Å²) in [6, 6.07) is 5.14. The monoisotopic (exact) mass is 474 g/mol. The van der Waals surface area contributed by atoms with Gasteiger partial charge in [0, 0.05) is 44.7 Å². The van der Waals surface area contributed by atoms with Crippen molar-refractivity contribution in [2.24, 2.45) is 0 Å². The summed E-state index contributed by atoms with van der Waals surface area (Å²) in [6.07, 6.45) is 1.80. The topological polar surface area (TPSA) is 75.9 Å². The van der Waals surface area contributed by atoms with Gasteiger partial charge in [0.2, 0.25) is 11.8 Å². The van der Waals surface area contributed by atoms with Crippen molar-refractivity contribution in [3.05, 3.63) is 53.4 Å². The molecule has 0 saturated carbocycles. The van der Waals surface area contributed by atoms with Crippen LogP contribution in [0.2, 0.25) is 0 Å². The molecule has 4 rings (SSSR count). The summed E-state index contributed by atoms with van der Waals surface area (Å²) in [4.78, 5) is 29.6. The Morgan fingerprint density at radius 1 is 1.24 bits per heavy atom. The third-order valence-corrected chi connectivity index (χ3v) is 5.76. The lowest BCUT2D eigenvalue weighted by molar-refractivity contribution is -0.138. The van der Waals surface area contributed by atoms with E-state index in [4.69, 9.17) is 4.74 Å². The number of aromatic nitrogens is 2. The first-order valence-electron chi connectivity index (χ1n) is 11.0. The fraction of sp³-hybridized carbons (Fsp3) is 0.375. The van der Waals surface area contributed by atoms with E-state index in [1.807, 2.05) is 0 Å². The van der Waals surface area contributed by atoms with E-state index in [0.717, 1.165) is 12.1 Å². The van der Waals surface area contributed by atoms with E-state index in [1.165, 1.54) is 13.0 Å². The number of hydrogen-bond acceptors (Lipinski definition) is 4. The van der Waals surface area contributed by atoms with Gasteiger partial charge in [-0.25, -0.2) is 18.2 Å². The van der Waals surface area contributed by atoms with Gasteiger partial charge < -0.3 is 19.4 Å². The molecule has 0 aliphatic carbocycles. The second-order valence-electron chi connectivity index (χ2n) is 8.19. The minimum Gasteiger partial charge on any atom is -0.374 e. The van der Waals surface area contributed by atoms with Crippen LogP contribution in [-0.2, 0) is 27.4 Å². The number of rotatable bonds is 6. The van der Waals surface area contributed by atoms with Gasteiger partial charge in [-0.05, 0) is 29.8 Å². The fourth-order valence-corrected chi connectivity index (χ4v) is 4.20. The van der Waals surface area contributed by atoms with E-state index in [1.54, 1.807) is 28.5 Å². The number of morpholine rings is 1. The maximum absolute atomic E-state index is 15.1. The molecule has 2 amide bonds. The van der Waals surface area contributed by atoms with Gasteiger partial charge in [-0.1, -0.05) is 6.92 Å². The van der Waals surface area contributed by atoms with Crippen molar-refractivity contribution < 1.29 is 27.5 Å². The molecule has 10 heteroatoms. The van der Waals surface area contributed by atoms with Gasteiger partial charge in [0.1, 0.15) is 24.0 Å². The zero-order valence-corrected chi connectivity index (χ0v) is 18.9. The molecule has 1 atom stereocenters. The molecule has 1 aromatic carbocycles. The molecule has 1 saturated heterocycles. The maximum atomic E-state index is 15.1. The lowest BCUT2D eigenvalue weighted by Crippen LogP contribution is -2.46. The average Bonchev–Trinajstić information content (AvgIpc) is 3.14. The van der Waals surface area contributed by atoms with Crippen molar-refractivity contribution in [3.8, 4) is 11.3 Å². The van der Waals surface area contributed by atoms with E-state index < -0.39 is 30.3 Å². The Hall–Kier alpha value is -3.40. The van der Waals surface area contributed by atoms with E-state index in [9.17, 15) is 14.0 Å². The second kappa shape index (κ2) is 9.84. The molecular formula is C24H25F3N4O3. The summed E-state index contributed by atoms with van der Waals surface area (Å²) in [6.45, 7) is 3.49. The van der Waals surface area contributed by atoms with Crippen molar-refractivity contribution in [1.82, 2.24) is 14.3 Å². The third-order valence-electron chi connectivity index (χ3n) is 5.76. The Bertz CT molecular complexity index is 1220. The average molecular weight is 474 g/mol. The first kappa shape index (κ1) is 23.7. The van der Waals surface area contributed by atoms with Crippen LogP contribution in [0.4, 0.5) is 18.9 Å². The largest absolute Gasteiger partial charge is 0.374 e. The van der Waals surface area contributed by atoms with Crippen LogP contribution in [0.15, 0.2) is 30.5 Å². The first-order valence-corrected chi connectivity index (χ1v) is 11.0. The molecule has 7 nitrogen and oxygen atoms in total. The smallest absolute Gasteiger partial charge is 0.222 e. The summed E-state index contributed by atoms with van der Waals surface area (Å²) < 4.78 is 51.0. The second-order valence-corrected chi connectivity index (χ2v) is 8.19. The molecule has 0 radical (unpaired) electrons. The fourth-order valence-electron chi connectivity index (χ4n) is 4.20. The number of nitrogens with zero attached hydrogens (tertiary/aromatic N) is 3. The molecule has 34 heavy (non-hydrogen) atoms. The van der Waals surface area contributed by atoms with Gasteiger partial charge in [-0.15, -0.1) is 0 Å². The lowest BCUT2D eigenvalue weighted by Gasteiger charge is -2.33. The molecule has 3 heterocycles. The Balaban J connectivity index is 1.79. The van der Waals surface area contributed by atoms with Crippen LogP contribution in [0.1, 0.15) is 31.5 Å². The highest BCUT2D eigenvalue weighted by Crippen LogP contribution is 2.33. The van der Waals surface area contributed by atoms with Crippen molar-refractivity contribution in [2.75, 3.05) is 25.0 Å². The predicted molar refractivity (Wildman–Crippen MR) is 120 cm³/mol. The standard InChI is InChI=1S/C24H25F3N4O3/c1-3-22(33)30-6-7-34-17(13-30)11-20-24(29-21-8-15(12-25)4-5-31(20)21)23-18(26)9-16(10-19(23)27)28-14(2)32/h4-5,8-10,17H,3,6-7,11-13H2,1-2H3,(H,28,32)/t17-/m0/s1. The van der Waals surface area contributed by atoms with Crippen molar-refractivity contribution in [2.45, 2.75) is 39.5 Å². The molecular weight excluding hydrogens is 449 g/mol. The summed E-state index contributed by atoms with van der Waals surface area (Å²) >= 11 is 0. The van der Waals surface area contributed by atoms with Gasteiger partial charge >= 0.3 is 0 Å². The number of halogens is 3. The van der Waals surface area contributed by atoms with Gasteiger partial charge in [0.15, 0.2) is 0 Å². The molecule has 180 valence electrons. The number of alkyl halides is 1. The number of pyridine rings is 1. The Labute approximate surface area is 194 Å². The number of hydrogen-bond donors (Lipinski definition) is 1. The van der Waals surface area contributed by atoms with Crippen molar-refractivity contribution in [1.29, 1.82) is 0 Å². The van der Waals surface area contributed by atoms with Gasteiger partial charge in [0.25, 0.3) is 0 Å². The number of fused-ring (bicyclic) bond motifs is 1. The lowest BCUT2D eigenvalue weighted by atomic mass is 10.0. The van der Waals surface area contributed by atoms with Crippen LogP contribution in [0.25, 0.3) is 16.9 Å². The molecule has 3 aromatic rings. The van der Waals surface area contributed by atoms with Crippen LogP contribution in [-0.4, -0.2) is 51.9 Å². The molecule has 0 unspecified atom stereocenters. The third kappa shape index (κ3) is 4.77. The summed E-state index contributed by atoms with van der Waals surface area (Å²) in [7, 11) is 0. The van der Waals surface area contributed by atoms with Gasteiger partial charge in [0.05, 0.1) is 29.7 Å². The highest BCUT2D eigenvalue weighted by atomic mass is 19.1. The molecule has 1 aliphatic rings. The number of benzene rings is 1. The molecule has 1 aliphatic heterocycles. The summed E-state index contributed by atoms with van der Waals surface area (Å²) in [5.74, 6) is -2.25. The number of ether oxygens (including phenoxy) is 1.